The predicted molar refractivity (Wildman–Crippen MR) is 101 cm³/mol. The van der Waals surface area contributed by atoms with Crippen molar-refractivity contribution in [3.05, 3.63) is 40.7 Å². The van der Waals surface area contributed by atoms with Crippen LogP contribution >= 0.6 is 23.4 Å². The summed E-state index contributed by atoms with van der Waals surface area (Å²) in [5.41, 5.74) is 1.16. The second-order valence-electron chi connectivity index (χ2n) is 5.82. The summed E-state index contributed by atoms with van der Waals surface area (Å²) >= 11 is 7.57. The lowest BCUT2D eigenvalue weighted by atomic mass is 10.0. The Bertz CT molecular complexity index is 818. The van der Waals surface area contributed by atoms with Gasteiger partial charge in [-0.15, -0.1) is 0 Å². The van der Waals surface area contributed by atoms with Crippen LogP contribution in [0.3, 0.4) is 0 Å². The average molecular weight is 394 g/mol. The fourth-order valence-corrected chi connectivity index (χ4v) is 3.68. The maximum absolute atomic E-state index is 13.1. The molecular formula is C18H20ClN3O3S. The predicted octanol–water partition coefficient (Wildman–Crippen LogP) is 3.85. The molecule has 1 aromatic heterocycles. The van der Waals surface area contributed by atoms with Gasteiger partial charge in [0.15, 0.2) is 10.9 Å². The van der Waals surface area contributed by atoms with Crippen molar-refractivity contribution in [2.24, 2.45) is 0 Å². The maximum Gasteiger partial charge on any atom is 0.274 e. The second-order valence-corrected chi connectivity index (χ2v) is 7.00. The summed E-state index contributed by atoms with van der Waals surface area (Å²) in [5, 5.41) is 0.781. The van der Waals surface area contributed by atoms with E-state index in [4.69, 9.17) is 21.1 Å². The Hall–Kier alpha value is -1.99. The number of carbonyl (C=O) groups excluding carboxylic acids is 1. The quantitative estimate of drug-likeness (QED) is 0.568. The number of hydrogen-bond donors (Lipinski definition) is 0. The largest absolute Gasteiger partial charge is 0.497 e. The molecule has 0 unspecified atom stereocenters. The van der Waals surface area contributed by atoms with E-state index in [0.717, 1.165) is 29.9 Å². The number of ether oxygens (including phenoxy) is 2. The first kappa shape index (κ1) is 18.8. The third kappa shape index (κ3) is 3.59. The Labute approximate surface area is 161 Å². The van der Waals surface area contributed by atoms with Gasteiger partial charge in [0.2, 0.25) is 0 Å². The number of likely N-dealkylation sites (tertiary alicyclic amines) is 1. The van der Waals surface area contributed by atoms with Gasteiger partial charge in [-0.05, 0) is 37.3 Å². The van der Waals surface area contributed by atoms with Gasteiger partial charge >= 0.3 is 0 Å². The van der Waals surface area contributed by atoms with Crippen LogP contribution in [0.15, 0.2) is 29.6 Å². The molecule has 3 rings (SSSR count). The molecular weight excluding hydrogens is 374 g/mol. The minimum Gasteiger partial charge on any atom is -0.497 e. The zero-order valence-electron chi connectivity index (χ0n) is 14.9. The number of aromatic nitrogens is 2. The lowest BCUT2D eigenvalue weighted by Crippen LogP contribution is -2.31. The molecule has 1 saturated heterocycles. The minimum atomic E-state index is -0.194. The van der Waals surface area contributed by atoms with E-state index in [1.807, 2.05) is 24.5 Å². The third-order valence-corrected chi connectivity index (χ3v) is 5.26. The van der Waals surface area contributed by atoms with Crippen LogP contribution in [0.1, 0.15) is 34.9 Å². The molecule has 1 aromatic carbocycles. The first-order valence-electron chi connectivity index (χ1n) is 8.18. The number of hydrogen-bond acceptors (Lipinski definition) is 6. The van der Waals surface area contributed by atoms with Crippen molar-refractivity contribution in [2.45, 2.75) is 24.0 Å². The van der Waals surface area contributed by atoms with E-state index < -0.39 is 0 Å². The Morgan fingerprint density at radius 3 is 2.85 bits per heavy atom. The summed E-state index contributed by atoms with van der Waals surface area (Å²) in [5.74, 6) is 1.26. The van der Waals surface area contributed by atoms with Gasteiger partial charge < -0.3 is 14.4 Å². The summed E-state index contributed by atoms with van der Waals surface area (Å²) < 4.78 is 10.8. The molecule has 1 aliphatic heterocycles. The molecule has 8 heteroatoms. The van der Waals surface area contributed by atoms with E-state index in [1.54, 1.807) is 19.1 Å². The highest BCUT2D eigenvalue weighted by molar-refractivity contribution is 7.98. The van der Waals surface area contributed by atoms with Gasteiger partial charge in [0.1, 0.15) is 11.5 Å². The van der Waals surface area contributed by atoms with Gasteiger partial charge in [-0.3, -0.25) is 4.79 Å². The molecule has 2 aromatic rings. The highest BCUT2D eigenvalue weighted by atomic mass is 35.5. The Morgan fingerprint density at radius 1 is 1.35 bits per heavy atom. The third-order valence-electron chi connectivity index (χ3n) is 4.42. The van der Waals surface area contributed by atoms with Gasteiger partial charge in [0.25, 0.3) is 5.91 Å². The summed E-state index contributed by atoms with van der Waals surface area (Å²) in [4.78, 5) is 23.4. The van der Waals surface area contributed by atoms with E-state index in [0.29, 0.717) is 11.7 Å². The molecule has 1 aliphatic rings. The zero-order chi connectivity index (χ0) is 18.7. The minimum absolute atomic E-state index is 0.115. The van der Waals surface area contributed by atoms with Crippen molar-refractivity contribution in [3.63, 3.8) is 0 Å². The fourth-order valence-electron chi connectivity index (χ4n) is 3.17. The molecule has 6 nitrogen and oxygen atoms in total. The highest BCUT2D eigenvalue weighted by Crippen LogP contribution is 2.39. The maximum atomic E-state index is 13.1. The molecule has 2 heterocycles. The molecule has 0 N–H and O–H groups in total. The van der Waals surface area contributed by atoms with Crippen LogP contribution < -0.4 is 9.47 Å². The van der Waals surface area contributed by atoms with E-state index in [-0.39, 0.29) is 22.7 Å². The SMILES string of the molecule is COc1ccc(OC)c([C@@H]2CCCN2C(=O)c2nc(SC)ncc2Cl)c1. The number of halogens is 1. The van der Waals surface area contributed by atoms with E-state index in [9.17, 15) is 4.79 Å². The van der Waals surface area contributed by atoms with E-state index >= 15 is 0 Å². The molecule has 0 saturated carbocycles. The van der Waals surface area contributed by atoms with E-state index in [2.05, 4.69) is 9.97 Å². The number of amides is 1. The van der Waals surface area contributed by atoms with Crippen LogP contribution in [0.25, 0.3) is 0 Å². The highest BCUT2D eigenvalue weighted by Gasteiger charge is 2.34. The van der Waals surface area contributed by atoms with Crippen LogP contribution in [0.5, 0.6) is 11.5 Å². The van der Waals surface area contributed by atoms with Crippen molar-refractivity contribution in [1.82, 2.24) is 14.9 Å². The van der Waals surface area contributed by atoms with Crippen LogP contribution in [0.2, 0.25) is 5.02 Å². The fraction of sp³-hybridized carbons (Fsp3) is 0.389. The number of nitrogens with zero attached hydrogens (tertiary/aromatic N) is 3. The number of carbonyl (C=O) groups is 1. The summed E-state index contributed by atoms with van der Waals surface area (Å²) in [6.07, 6.45) is 5.07. The Morgan fingerprint density at radius 2 is 2.15 bits per heavy atom. The lowest BCUT2D eigenvalue weighted by molar-refractivity contribution is 0.0727. The summed E-state index contributed by atoms with van der Waals surface area (Å²) in [7, 11) is 3.24. The molecule has 1 fully saturated rings. The molecule has 0 bridgehead atoms. The van der Waals surface area contributed by atoms with Gasteiger partial charge in [-0.2, -0.15) is 0 Å². The van der Waals surface area contributed by atoms with Gasteiger partial charge in [-0.1, -0.05) is 23.4 Å². The van der Waals surface area contributed by atoms with Crippen LogP contribution in [-0.4, -0.2) is 47.8 Å². The zero-order valence-corrected chi connectivity index (χ0v) is 16.4. The molecule has 1 atom stereocenters. The van der Waals surface area contributed by atoms with Crippen molar-refractivity contribution in [1.29, 1.82) is 0 Å². The van der Waals surface area contributed by atoms with Crippen LogP contribution in [0.4, 0.5) is 0 Å². The number of methoxy groups -OCH3 is 2. The van der Waals surface area contributed by atoms with Crippen molar-refractivity contribution in [2.75, 3.05) is 27.0 Å². The topological polar surface area (TPSA) is 64.6 Å². The first-order valence-corrected chi connectivity index (χ1v) is 9.78. The van der Waals surface area contributed by atoms with Gasteiger partial charge in [-0.25, -0.2) is 9.97 Å². The van der Waals surface area contributed by atoms with E-state index in [1.165, 1.54) is 18.0 Å². The number of thioether (sulfide) groups is 1. The Kier molecular flexibility index (Phi) is 5.88. The van der Waals surface area contributed by atoms with Gasteiger partial charge in [0.05, 0.1) is 31.5 Å². The number of benzene rings is 1. The van der Waals surface area contributed by atoms with Crippen molar-refractivity contribution >= 4 is 29.3 Å². The van der Waals surface area contributed by atoms with Crippen molar-refractivity contribution in [3.8, 4) is 11.5 Å². The monoisotopic (exact) mass is 393 g/mol. The molecule has 1 amide bonds. The molecule has 0 aliphatic carbocycles. The molecule has 0 radical (unpaired) electrons. The normalized spacial score (nSPS) is 16.6. The molecule has 0 spiro atoms. The van der Waals surface area contributed by atoms with Crippen LogP contribution in [0, 0.1) is 0 Å². The molecule has 26 heavy (non-hydrogen) atoms. The van der Waals surface area contributed by atoms with Crippen molar-refractivity contribution < 1.29 is 14.3 Å². The smallest absolute Gasteiger partial charge is 0.274 e. The summed E-state index contributed by atoms with van der Waals surface area (Å²) in [6.45, 7) is 0.638. The second kappa shape index (κ2) is 8.14. The van der Waals surface area contributed by atoms with Gasteiger partial charge in [0, 0.05) is 12.1 Å². The first-order chi connectivity index (χ1) is 12.6. The molecule has 138 valence electrons. The standard InChI is InChI=1S/C18H20ClN3O3S/c1-24-11-6-7-15(25-2)12(9-11)14-5-4-8-22(14)17(23)16-13(19)10-20-18(21-16)26-3/h6-7,9-10,14H,4-5,8H2,1-3H3/t14-/m0/s1. The Balaban J connectivity index is 1.97. The average Bonchev–Trinajstić information content (AvgIpc) is 3.17. The lowest BCUT2D eigenvalue weighted by Gasteiger charge is -2.26. The number of rotatable bonds is 5. The van der Waals surface area contributed by atoms with Crippen LogP contribution in [-0.2, 0) is 0 Å². The summed E-state index contributed by atoms with van der Waals surface area (Å²) in [6, 6.07) is 5.51.